The first-order valence-electron chi connectivity index (χ1n) is 3.26. The van der Waals surface area contributed by atoms with Crippen molar-refractivity contribution in [2.45, 2.75) is 13.8 Å². The molecule has 66 valence electrons. The Bertz CT molecular complexity index is 405. The van der Waals surface area contributed by atoms with Crippen LogP contribution in [0.5, 0.6) is 0 Å². The van der Waals surface area contributed by atoms with Crippen molar-refractivity contribution in [3.63, 3.8) is 0 Å². The molecule has 2 heterocycles. The van der Waals surface area contributed by atoms with Crippen molar-refractivity contribution in [2.24, 2.45) is 0 Å². The predicted octanol–water partition coefficient (Wildman–Crippen LogP) is -2.01. The van der Waals surface area contributed by atoms with Gasteiger partial charge in [-0.25, -0.2) is 4.52 Å². The van der Waals surface area contributed by atoms with Crippen molar-refractivity contribution in [1.29, 1.82) is 0 Å². The third-order valence-electron chi connectivity index (χ3n) is 1.67. The second kappa shape index (κ2) is 2.91. The molecule has 6 heteroatoms. The van der Waals surface area contributed by atoms with Gasteiger partial charge in [-0.15, -0.1) is 5.10 Å². The third kappa shape index (κ3) is 1.15. The van der Waals surface area contributed by atoms with Crippen molar-refractivity contribution in [1.82, 2.24) is 14.6 Å². The molecule has 0 amide bonds. The predicted molar refractivity (Wildman–Crippen MR) is 44.8 cm³/mol. The van der Waals surface area contributed by atoms with Crippen LogP contribution in [-0.4, -0.2) is 14.6 Å². The van der Waals surface area contributed by atoms with Gasteiger partial charge in [-0.1, -0.05) is 11.3 Å². The molecule has 0 saturated carbocycles. The van der Waals surface area contributed by atoms with Crippen LogP contribution in [0.3, 0.4) is 0 Å². The molecule has 2 N–H and O–H groups in total. The van der Waals surface area contributed by atoms with Crippen LogP contribution < -0.4 is 18.1 Å². The number of anilines is 1. The minimum absolute atomic E-state index is 0. The van der Waals surface area contributed by atoms with Gasteiger partial charge in [0.05, 0.1) is 5.69 Å². The second-order valence-electron chi connectivity index (χ2n) is 2.41. The summed E-state index contributed by atoms with van der Waals surface area (Å²) >= 11 is 1.61. The molecule has 0 fully saturated rings. The number of hydrogen-bond acceptors (Lipinski definition) is 4. The number of nitrogens with two attached hydrogens (primary N) is 1. The smallest absolute Gasteiger partial charge is 0.241 e. The molecule has 0 unspecified atom stereocenters. The van der Waals surface area contributed by atoms with Crippen LogP contribution in [0.25, 0.3) is 4.96 Å². The van der Waals surface area contributed by atoms with Gasteiger partial charge in [-0.2, -0.15) is 4.98 Å². The van der Waals surface area contributed by atoms with Gasteiger partial charge in [0.25, 0.3) is 0 Å². The SMILES string of the molecule is Cc1sc2nc(N)nn2c1C.[Cl-]. The molecule has 0 spiro atoms. The van der Waals surface area contributed by atoms with E-state index < -0.39 is 0 Å². The molecule has 0 radical (unpaired) electrons. The molecule has 2 rings (SSSR count). The normalized spacial score (nSPS) is 10.2. The summed E-state index contributed by atoms with van der Waals surface area (Å²) in [6.07, 6.45) is 0. The van der Waals surface area contributed by atoms with Crippen LogP contribution in [0.15, 0.2) is 0 Å². The molecule has 0 atom stereocenters. The lowest BCUT2D eigenvalue weighted by Gasteiger charge is -1.86. The van der Waals surface area contributed by atoms with Crippen LogP contribution in [-0.2, 0) is 0 Å². The van der Waals surface area contributed by atoms with E-state index in [1.165, 1.54) is 4.88 Å². The van der Waals surface area contributed by atoms with Crippen LogP contribution in [0, 0.1) is 13.8 Å². The summed E-state index contributed by atoms with van der Waals surface area (Å²) in [4.78, 5) is 6.15. The van der Waals surface area contributed by atoms with Crippen molar-refractivity contribution < 1.29 is 12.4 Å². The van der Waals surface area contributed by atoms with Gasteiger partial charge in [0.2, 0.25) is 10.9 Å². The third-order valence-corrected chi connectivity index (χ3v) is 2.71. The molecule has 0 bridgehead atoms. The summed E-state index contributed by atoms with van der Waals surface area (Å²) in [5, 5.41) is 4.03. The van der Waals surface area contributed by atoms with E-state index in [9.17, 15) is 0 Å². The average Bonchev–Trinajstić information content (AvgIpc) is 2.37. The van der Waals surface area contributed by atoms with Crippen molar-refractivity contribution in [3.8, 4) is 0 Å². The largest absolute Gasteiger partial charge is 1.00 e. The minimum Gasteiger partial charge on any atom is -1.00 e. The summed E-state index contributed by atoms with van der Waals surface area (Å²) in [7, 11) is 0. The number of fused-ring (bicyclic) bond motifs is 1. The van der Waals surface area contributed by atoms with Crippen LogP contribution >= 0.6 is 11.3 Å². The van der Waals surface area contributed by atoms with Gasteiger partial charge < -0.3 is 18.1 Å². The summed E-state index contributed by atoms with van der Waals surface area (Å²) < 4.78 is 1.77. The number of rotatable bonds is 0. The quantitative estimate of drug-likeness (QED) is 0.539. The first-order valence-corrected chi connectivity index (χ1v) is 4.08. The monoisotopic (exact) mass is 203 g/mol. The fraction of sp³-hybridized carbons (Fsp3) is 0.333. The number of halogens is 1. The van der Waals surface area contributed by atoms with E-state index in [-0.39, 0.29) is 12.4 Å². The van der Waals surface area contributed by atoms with Gasteiger partial charge in [0, 0.05) is 4.88 Å². The van der Waals surface area contributed by atoms with Crippen molar-refractivity contribution in [2.75, 3.05) is 5.73 Å². The highest BCUT2D eigenvalue weighted by atomic mass is 35.5. The molecular formula is C6H8ClN4S-. The number of aryl methyl sites for hydroxylation is 2. The Morgan fingerprint density at radius 2 is 2.08 bits per heavy atom. The summed E-state index contributed by atoms with van der Waals surface area (Å²) in [6.45, 7) is 4.06. The zero-order chi connectivity index (χ0) is 8.01. The molecule has 2 aromatic rings. The van der Waals surface area contributed by atoms with Crippen LogP contribution in [0.4, 0.5) is 5.95 Å². The van der Waals surface area contributed by atoms with E-state index in [2.05, 4.69) is 10.1 Å². The Morgan fingerprint density at radius 3 is 2.67 bits per heavy atom. The highest BCUT2D eigenvalue weighted by Gasteiger charge is 2.07. The number of hydrogen-bond donors (Lipinski definition) is 1. The maximum Gasteiger partial charge on any atom is 0.241 e. The minimum atomic E-state index is 0. The van der Waals surface area contributed by atoms with E-state index in [1.807, 2.05) is 13.8 Å². The highest BCUT2D eigenvalue weighted by molar-refractivity contribution is 7.17. The lowest BCUT2D eigenvalue weighted by molar-refractivity contribution is -0.00000254. The van der Waals surface area contributed by atoms with E-state index in [0.717, 1.165) is 10.7 Å². The van der Waals surface area contributed by atoms with Crippen LogP contribution in [0.1, 0.15) is 10.6 Å². The molecule has 0 aromatic carbocycles. The van der Waals surface area contributed by atoms with E-state index in [0.29, 0.717) is 5.95 Å². The zero-order valence-corrected chi connectivity index (χ0v) is 8.28. The van der Waals surface area contributed by atoms with Gasteiger partial charge in [0.15, 0.2) is 0 Å². The zero-order valence-electron chi connectivity index (χ0n) is 6.71. The Balaban J connectivity index is 0.000000720. The molecule has 12 heavy (non-hydrogen) atoms. The standard InChI is InChI=1S/C6H8N4S.ClH/c1-3-4(2)11-6-8-5(7)9-10(3)6;/h1-2H3,(H2,7,9);1H/p-1. The van der Waals surface area contributed by atoms with Gasteiger partial charge in [-0.05, 0) is 13.8 Å². The maximum absolute atomic E-state index is 5.42. The Labute approximate surface area is 79.8 Å². The Kier molecular flexibility index (Phi) is 2.25. The lowest BCUT2D eigenvalue weighted by atomic mass is 10.4. The Hall–Kier alpha value is -0.810. The summed E-state index contributed by atoms with van der Waals surface area (Å²) in [5.41, 5.74) is 6.54. The molecule has 0 aliphatic heterocycles. The fourth-order valence-electron chi connectivity index (χ4n) is 0.957. The molecule has 0 aliphatic carbocycles. The van der Waals surface area contributed by atoms with E-state index >= 15 is 0 Å². The lowest BCUT2D eigenvalue weighted by Crippen LogP contribution is -3.00. The van der Waals surface area contributed by atoms with E-state index in [4.69, 9.17) is 5.73 Å². The number of aromatic nitrogens is 3. The molecule has 0 saturated heterocycles. The second-order valence-corrected chi connectivity index (χ2v) is 3.59. The summed E-state index contributed by atoms with van der Waals surface area (Å²) in [6, 6.07) is 0. The Morgan fingerprint density at radius 1 is 1.42 bits per heavy atom. The van der Waals surface area contributed by atoms with Gasteiger partial charge >= 0.3 is 0 Å². The number of thiazole rings is 1. The molecular weight excluding hydrogens is 196 g/mol. The van der Waals surface area contributed by atoms with Crippen molar-refractivity contribution in [3.05, 3.63) is 10.6 Å². The average molecular weight is 204 g/mol. The number of nitrogen functional groups attached to an aromatic ring is 1. The van der Waals surface area contributed by atoms with Gasteiger partial charge in [0.1, 0.15) is 0 Å². The first kappa shape index (κ1) is 9.28. The topological polar surface area (TPSA) is 56.2 Å². The molecule has 2 aromatic heterocycles. The molecule has 0 aliphatic rings. The van der Waals surface area contributed by atoms with E-state index in [1.54, 1.807) is 15.9 Å². The number of nitrogens with zero attached hydrogens (tertiary/aromatic N) is 3. The highest BCUT2D eigenvalue weighted by Crippen LogP contribution is 2.19. The maximum atomic E-state index is 5.42. The fourth-order valence-corrected chi connectivity index (χ4v) is 1.87. The first-order chi connectivity index (χ1) is 5.18. The van der Waals surface area contributed by atoms with Crippen molar-refractivity contribution >= 4 is 22.2 Å². The van der Waals surface area contributed by atoms with Crippen LogP contribution in [0.2, 0.25) is 0 Å². The van der Waals surface area contributed by atoms with Gasteiger partial charge in [-0.3, -0.25) is 0 Å². The molecule has 4 nitrogen and oxygen atoms in total. The summed E-state index contributed by atoms with van der Waals surface area (Å²) in [5.74, 6) is 0.347.